The summed E-state index contributed by atoms with van der Waals surface area (Å²) in [4.78, 5) is 1.23. The minimum absolute atomic E-state index is 0.650. The lowest BCUT2D eigenvalue weighted by molar-refractivity contribution is 0.318. The first-order valence-electron chi connectivity index (χ1n) is 6.71. The Morgan fingerprint density at radius 3 is 2.29 bits per heavy atom. The number of thioether (sulfide) groups is 1. The molecule has 0 aliphatic heterocycles. The van der Waals surface area contributed by atoms with E-state index in [1.807, 2.05) is 24.3 Å². The maximum Gasteiger partial charge on any atom is 0.119 e. The number of nitrogens with zero attached hydrogens (tertiary/aromatic N) is 1. The van der Waals surface area contributed by atoms with E-state index >= 15 is 0 Å². The average Bonchev–Trinajstić information content (AvgIpc) is 2.55. The molecule has 0 radical (unpaired) electrons. The molecule has 0 heterocycles. The lowest BCUT2D eigenvalue weighted by atomic mass is 10.2. The van der Waals surface area contributed by atoms with Crippen molar-refractivity contribution in [1.29, 1.82) is 5.26 Å². The summed E-state index contributed by atoms with van der Waals surface area (Å²) in [5.74, 6) is 2.69. The van der Waals surface area contributed by atoms with Crippen LogP contribution in [0.2, 0.25) is 0 Å². The average molecular weight is 299 g/mol. The topological polar surface area (TPSA) is 42.2 Å². The molecule has 0 unspecified atom stereocenters. The van der Waals surface area contributed by atoms with Crippen LogP contribution >= 0.6 is 11.8 Å². The molecule has 0 saturated carbocycles. The summed E-state index contributed by atoms with van der Waals surface area (Å²) in [7, 11) is 1.67. The van der Waals surface area contributed by atoms with Gasteiger partial charge in [0.1, 0.15) is 11.5 Å². The van der Waals surface area contributed by atoms with Crippen LogP contribution in [-0.4, -0.2) is 19.5 Å². The van der Waals surface area contributed by atoms with Crippen molar-refractivity contribution in [2.45, 2.75) is 11.3 Å². The van der Waals surface area contributed by atoms with Crippen LogP contribution in [0.15, 0.2) is 53.4 Å². The van der Waals surface area contributed by atoms with E-state index in [0.29, 0.717) is 12.2 Å². The molecule has 2 rings (SSSR count). The molecule has 21 heavy (non-hydrogen) atoms. The SMILES string of the molecule is COc1ccc(SCCCOc2ccc(C#N)cc2)cc1. The fourth-order valence-electron chi connectivity index (χ4n) is 1.74. The minimum Gasteiger partial charge on any atom is -0.497 e. The second kappa shape index (κ2) is 8.23. The Labute approximate surface area is 129 Å². The number of hydrogen-bond acceptors (Lipinski definition) is 4. The number of rotatable bonds is 7. The molecule has 2 aromatic carbocycles. The summed E-state index contributed by atoms with van der Waals surface area (Å²) in [5, 5.41) is 8.71. The summed E-state index contributed by atoms with van der Waals surface area (Å²) in [5.41, 5.74) is 0.650. The molecule has 108 valence electrons. The van der Waals surface area contributed by atoms with Gasteiger partial charge in [-0.3, -0.25) is 0 Å². The molecule has 0 amide bonds. The molecule has 0 spiro atoms. The Balaban J connectivity index is 1.66. The summed E-state index contributed by atoms with van der Waals surface area (Å²) in [6.45, 7) is 0.676. The highest BCUT2D eigenvalue weighted by Gasteiger charge is 1.97. The molecule has 0 atom stereocenters. The molecule has 0 bridgehead atoms. The van der Waals surface area contributed by atoms with Gasteiger partial charge in [0.15, 0.2) is 0 Å². The fraction of sp³-hybridized carbons (Fsp3) is 0.235. The number of hydrogen-bond donors (Lipinski definition) is 0. The molecule has 4 heteroatoms. The highest BCUT2D eigenvalue weighted by molar-refractivity contribution is 7.99. The number of ether oxygens (including phenoxy) is 2. The molecule has 3 nitrogen and oxygen atoms in total. The van der Waals surface area contributed by atoms with Crippen LogP contribution in [-0.2, 0) is 0 Å². The molecular weight excluding hydrogens is 282 g/mol. The molecule has 0 aromatic heterocycles. The standard InChI is InChI=1S/C17H17NO2S/c1-19-15-7-9-17(10-8-15)21-12-2-11-20-16-5-3-14(13-18)4-6-16/h3-10H,2,11-12H2,1H3. The molecular formula is C17H17NO2S. The van der Waals surface area contributed by atoms with Gasteiger partial charge in [-0.15, -0.1) is 11.8 Å². The van der Waals surface area contributed by atoms with Gasteiger partial charge in [-0.25, -0.2) is 0 Å². The second-order valence-corrected chi connectivity index (χ2v) is 5.53. The quantitative estimate of drug-likeness (QED) is 0.569. The van der Waals surface area contributed by atoms with Gasteiger partial charge in [-0.1, -0.05) is 0 Å². The lowest BCUT2D eigenvalue weighted by Gasteiger charge is -2.06. The maximum atomic E-state index is 8.71. The summed E-state index contributed by atoms with van der Waals surface area (Å²) in [6.07, 6.45) is 0.969. The minimum atomic E-state index is 0.650. The van der Waals surface area contributed by atoms with E-state index in [-0.39, 0.29) is 0 Å². The molecule has 0 aliphatic carbocycles. The van der Waals surface area contributed by atoms with Gasteiger partial charge in [-0.05, 0) is 55.0 Å². The second-order valence-electron chi connectivity index (χ2n) is 4.36. The fourth-order valence-corrected chi connectivity index (χ4v) is 2.56. The van der Waals surface area contributed by atoms with Gasteiger partial charge >= 0.3 is 0 Å². The first kappa shape index (κ1) is 15.3. The smallest absolute Gasteiger partial charge is 0.119 e. The molecule has 0 saturated heterocycles. The Morgan fingerprint density at radius 2 is 1.67 bits per heavy atom. The largest absolute Gasteiger partial charge is 0.497 e. The third-order valence-electron chi connectivity index (χ3n) is 2.87. The van der Waals surface area contributed by atoms with E-state index in [1.165, 1.54) is 4.90 Å². The van der Waals surface area contributed by atoms with Crippen molar-refractivity contribution in [3.8, 4) is 17.6 Å². The third kappa shape index (κ3) is 5.05. The first-order chi connectivity index (χ1) is 10.3. The van der Waals surface area contributed by atoms with Gasteiger partial charge in [0, 0.05) is 10.6 Å². The molecule has 0 aliphatic rings. The molecule has 0 N–H and O–H groups in total. The summed E-state index contributed by atoms with van der Waals surface area (Å²) < 4.78 is 10.8. The Morgan fingerprint density at radius 1 is 1.00 bits per heavy atom. The predicted molar refractivity (Wildman–Crippen MR) is 85.0 cm³/mol. The highest BCUT2D eigenvalue weighted by atomic mass is 32.2. The number of benzene rings is 2. The van der Waals surface area contributed by atoms with Crippen LogP contribution in [0.4, 0.5) is 0 Å². The van der Waals surface area contributed by atoms with Crippen LogP contribution in [0, 0.1) is 11.3 Å². The Bertz CT molecular complexity index is 588. The maximum absolute atomic E-state index is 8.71. The van der Waals surface area contributed by atoms with Crippen LogP contribution in [0.5, 0.6) is 11.5 Å². The van der Waals surface area contributed by atoms with E-state index in [0.717, 1.165) is 23.7 Å². The molecule has 2 aromatic rings. The van der Waals surface area contributed by atoms with Gasteiger partial charge in [0.2, 0.25) is 0 Å². The van der Waals surface area contributed by atoms with Gasteiger partial charge in [-0.2, -0.15) is 5.26 Å². The number of nitriles is 1. The zero-order valence-electron chi connectivity index (χ0n) is 11.9. The zero-order valence-corrected chi connectivity index (χ0v) is 12.7. The van der Waals surface area contributed by atoms with Crippen molar-refractivity contribution < 1.29 is 9.47 Å². The van der Waals surface area contributed by atoms with Gasteiger partial charge < -0.3 is 9.47 Å². The molecule has 0 fully saturated rings. The van der Waals surface area contributed by atoms with E-state index in [1.54, 1.807) is 31.0 Å². The predicted octanol–water partition coefficient (Wildman–Crippen LogP) is 4.13. The van der Waals surface area contributed by atoms with E-state index in [9.17, 15) is 0 Å². The van der Waals surface area contributed by atoms with Crippen LogP contribution in [0.25, 0.3) is 0 Å². The van der Waals surface area contributed by atoms with Crippen molar-refractivity contribution >= 4 is 11.8 Å². The van der Waals surface area contributed by atoms with Crippen LogP contribution in [0.1, 0.15) is 12.0 Å². The van der Waals surface area contributed by atoms with Crippen molar-refractivity contribution in [2.75, 3.05) is 19.5 Å². The normalized spacial score (nSPS) is 9.90. The first-order valence-corrected chi connectivity index (χ1v) is 7.70. The Hall–Kier alpha value is -2.12. The van der Waals surface area contributed by atoms with E-state index in [2.05, 4.69) is 18.2 Å². The Kier molecular flexibility index (Phi) is 5.99. The van der Waals surface area contributed by atoms with Crippen LogP contribution in [0.3, 0.4) is 0 Å². The zero-order chi connectivity index (χ0) is 14.9. The van der Waals surface area contributed by atoms with E-state index < -0.39 is 0 Å². The summed E-state index contributed by atoms with van der Waals surface area (Å²) in [6, 6.07) is 17.3. The van der Waals surface area contributed by atoms with Gasteiger partial charge in [0.25, 0.3) is 0 Å². The highest BCUT2D eigenvalue weighted by Crippen LogP contribution is 2.22. The third-order valence-corrected chi connectivity index (χ3v) is 3.97. The van der Waals surface area contributed by atoms with Gasteiger partial charge in [0.05, 0.1) is 25.3 Å². The lowest BCUT2D eigenvalue weighted by Crippen LogP contribution is -1.98. The monoisotopic (exact) mass is 299 g/mol. The van der Waals surface area contributed by atoms with Crippen molar-refractivity contribution in [2.24, 2.45) is 0 Å². The van der Waals surface area contributed by atoms with E-state index in [4.69, 9.17) is 14.7 Å². The van der Waals surface area contributed by atoms with Crippen LogP contribution < -0.4 is 9.47 Å². The summed E-state index contributed by atoms with van der Waals surface area (Å²) >= 11 is 1.80. The van der Waals surface area contributed by atoms with Crippen molar-refractivity contribution in [3.05, 3.63) is 54.1 Å². The van der Waals surface area contributed by atoms with Crippen molar-refractivity contribution in [3.63, 3.8) is 0 Å². The number of methoxy groups -OCH3 is 1. The van der Waals surface area contributed by atoms with Crippen molar-refractivity contribution in [1.82, 2.24) is 0 Å².